The predicted octanol–water partition coefficient (Wildman–Crippen LogP) is -5.56. The van der Waals surface area contributed by atoms with Crippen molar-refractivity contribution < 1.29 is 38.7 Å². The number of carboxylic acid groups (broad SMARTS) is 1. The minimum absolute atomic E-state index is 0.175. The first-order valence-electron chi connectivity index (χ1n) is 10.0. The van der Waals surface area contributed by atoms with E-state index in [2.05, 4.69) is 20.6 Å². The van der Waals surface area contributed by atoms with E-state index in [1.165, 1.54) is 12.5 Å². The Morgan fingerprint density at radius 2 is 1.29 bits per heavy atom. The van der Waals surface area contributed by atoms with Crippen molar-refractivity contribution in [3.05, 3.63) is 18.2 Å². The van der Waals surface area contributed by atoms with Gasteiger partial charge in [0.15, 0.2) is 0 Å². The van der Waals surface area contributed by atoms with Gasteiger partial charge in [0, 0.05) is 18.3 Å². The third-order valence-corrected chi connectivity index (χ3v) is 4.43. The SMILES string of the molecule is NC(=O)CC(N)C(=O)NC(Cc1cnc[nH]1)C(=O)NC(CC(N)=O)C(=O)NC(CC(N)=O)C(=O)O. The molecule has 0 aliphatic carbocycles. The molecule has 1 aromatic heterocycles. The Kier molecular flexibility index (Phi) is 10.8. The number of nitrogens with one attached hydrogen (secondary N) is 4. The molecule has 0 bridgehead atoms. The number of hydrogen-bond acceptors (Lipinski definition) is 9. The molecule has 0 fully saturated rings. The number of hydrogen-bond donors (Lipinski definition) is 9. The molecule has 13 N–H and O–H groups in total. The Balaban J connectivity index is 3.08. The van der Waals surface area contributed by atoms with Crippen LogP contribution in [0.3, 0.4) is 0 Å². The zero-order chi connectivity index (χ0) is 26.7. The van der Waals surface area contributed by atoms with E-state index >= 15 is 0 Å². The van der Waals surface area contributed by atoms with E-state index in [0.717, 1.165) is 0 Å². The molecule has 0 spiro atoms. The molecular weight excluding hydrogens is 470 g/mol. The summed E-state index contributed by atoms with van der Waals surface area (Å²) in [6.07, 6.45) is 0.475. The zero-order valence-corrected chi connectivity index (χ0v) is 18.4. The first kappa shape index (κ1) is 28.5. The lowest BCUT2D eigenvalue weighted by atomic mass is 10.1. The van der Waals surface area contributed by atoms with Crippen molar-refractivity contribution in [1.82, 2.24) is 25.9 Å². The first-order chi connectivity index (χ1) is 16.3. The largest absolute Gasteiger partial charge is 0.480 e. The van der Waals surface area contributed by atoms with Gasteiger partial charge in [-0.25, -0.2) is 9.78 Å². The lowest BCUT2D eigenvalue weighted by Crippen LogP contribution is -2.58. The van der Waals surface area contributed by atoms with Crippen LogP contribution in [0.15, 0.2) is 12.5 Å². The van der Waals surface area contributed by atoms with Crippen LogP contribution >= 0.6 is 0 Å². The molecule has 1 heterocycles. The van der Waals surface area contributed by atoms with Crippen LogP contribution in [0.25, 0.3) is 0 Å². The summed E-state index contributed by atoms with van der Waals surface area (Å²) in [6, 6.07) is -6.17. The van der Waals surface area contributed by atoms with E-state index in [1.807, 2.05) is 5.32 Å². The molecule has 0 radical (unpaired) electrons. The van der Waals surface area contributed by atoms with Gasteiger partial charge in [0.1, 0.15) is 18.1 Å². The number of aromatic amines is 1. The van der Waals surface area contributed by atoms with Gasteiger partial charge in [-0.1, -0.05) is 0 Å². The average Bonchev–Trinajstić information content (AvgIpc) is 3.24. The van der Waals surface area contributed by atoms with Crippen LogP contribution in [0.1, 0.15) is 25.0 Å². The van der Waals surface area contributed by atoms with Gasteiger partial charge in [0.25, 0.3) is 0 Å². The summed E-state index contributed by atoms with van der Waals surface area (Å²) in [5.41, 5.74) is 21.1. The smallest absolute Gasteiger partial charge is 0.326 e. The number of amides is 6. The number of nitrogens with zero attached hydrogens (tertiary/aromatic N) is 1. The van der Waals surface area contributed by atoms with Crippen LogP contribution in [-0.4, -0.2) is 80.7 Å². The predicted molar refractivity (Wildman–Crippen MR) is 115 cm³/mol. The van der Waals surface area contributed by atoms with Crippen molar-refractivity contribution in [3.63, 3.8) is 0 Å². The second-order valence-corrected chi connectivity index (χ2v) is 7.42. The molecule has 0 aliphatic rings. The number of aromatic nitrogens is 2. The molecule has 0 aromatic carbocycles. The number of primary amides is 3. The van der Waals surface area contributed by atoms with Crippen molar-refractivity contribution in [3.8, 4) is 0 Å². The molecule has 6 amide bonds. The minimum Gasteiger partial charge on any atom is -0.480 e. The Morgan fingerprint density at radius 1 is 0.800 bits per heavy atom. The minimum atomic E-state index is -1.74. The zero-order valence-electron chi connectivity index (χ0n) is 18.4. The highest BCUT2D eigenvalue weighted by atomic mass is 16.4. The van der Waals surface area contributed by atoms with Crippen molar-refractivity contribution >= 4 is 41.4 Å². The van der Waals surface area contributed by atoms with Gasteiger partial charge in [-0.2, -0.15) is 0 Å². The van der Waals surface area contributed by atoms with Gasteiger partial charge in [-0.15, -0.1) is 0 Å². The summed E-state index contributed by atoms with van der Waals surface area (Å²) in [6.45, 7) is 0. The van der Waals surface area contributed by atoms with Crippen molar-refractivity contribution in [2.75, 3.05) is 0 Å². The van der Waals surface area contributed by atoms with Gasteiger partial charge in [0.05, 0.1) is 31.6 Å². The van der Waals surface area contributed by atoms with Crippen LogP contribution in [0.5, 0.6) is 0 Å². The standard InChI is InChI=1S/C18H27N9O8/c19-8(2-12(20)28)15(31)25-9(1-7-5-23-6-24-7)16(32)26-10(3-13(21)29)17(33)27-11(18(34)35)4-14(22)30/h5-6,8-11H,1-4,19H2,(H2,20,28)(H2,21,29)(H2,22,30)(H,23,24)(H,25,31)(H,26,32)(H,27,33)(H,34,35). The van der Waals surface area contributed by atoms with E-state index in [1.54, 1.807) is 0 Å². The number of carboxylic acids is 1. The molecule has 35 heavy (non-hydrogen) atoms. The Hall–Kier alpha value is -4.54. The van der Waals surface area contributed by atoms with Gasteiger partial charge < -0.3 is 49.0 Å². The molecule has 192 valence electrons. The molecule has 4 unspecified atom stereocenters. The van der Waals surface area contributed by atoms with Crippen LogP contribution in [0.2, 0.25) is 0 Å². The molecular formula is C18H27N9O8. The Labute approximate surface area is 197 Å². The molecule has 1 rings (SSSR count). The second kappa shape index (κ2) is 13.2. The summed E-state index contributed by atoms with van der Waals surface area (Å²) < 4.78 is 0. The summed E-state index contributed by atoms with van der Waals surface area (Å²) in [5.74, 6) is -7.54. The third-order valence-electron chi connectivity index (χ3n) is 4.43. The molecule has 17 nitrogen and oxygen atoms in total. The highest BCUT2D eigenvalue weighted by molar-refractivity contribution is 5.97. The summed E-state index contributed by atoms with van der Waals surface area (Å²) in [7, 11) is 0. The number of aliphatic carboxylic acids is 1. The first-order valence-corrected chi connectivity index (χ1v) is 10.0. The number of carbonyl (C=O) groups is 7. The number of rotatable bonds is 15. The highest BCUT2D eigenvalue weighted by Gasteiger charge is 2.32. The maximum atomic E-state index is 12.9. The van der Waals surface area contributed by atoms with Crippen molar-refractivity contribution in [2.45, 2.75) is 49.9 Å². The topological polar surface area (TPSA) is 309 Å². The van der Waals surface area contributed by atoms with Crippen LogP contribution in [-0.2, 0) is 40.0 Å². The number of carbonyl (C=O) groups excluding carboxylic acids is 6. The van der Waals surface area contributed by atoms with E-state index in [-0.39, 0.29) is 6.42 Å². The summed E-state index contributed by atoms with van der Waals surface area (Å²) >= 11 is 0. The number of H-pyrrole nitrogens is 1. The van der Waals surface area contributed by atoms with Gasteiger partial charge in [-0.3, -0.25) is 28.8 Å². The molecule has 0 aliphatic heterocycles. The quantitative estimate of drug-likeness (QED) is 0.111. The van der Waals surface area contributed by atoms with Gasteiger partial charge >= 0.3 is 5.97 Å². The van der Waals surface area contributed by atoms with E-state index < -0.39 is 84.8 Å². The third kappa shape index (κ3) is 10.3. The van der Waals surface area contributed by atoms with Crippen molar-refractivity contribution in [1.29, 1.82) is 0 Å². The van der Waals surface area contributed by atoms with E-state index in [9.17, 15) is 33.6 Å². The fourth-order valence-electron chi connectivity index (χ4n) is 2.77. The Bertz CT molecular complexity index is 965. The van der Waals surface area contributed by atoms with E-state index in [4.69, 9.17) is 28.0 Å². The van der Waals surface area contributed by atoms with Crippen LogP contribution in [0.4, 0.5) is 0 Å². The fourth-order valence-corrected chi connectivity index (χ4v) is 2.77. The average molecular weight is 497 g/mol. The molecule has 0 saturated heterocycles. The lowest BCUT2D eigenvalue weighted by molar-refractivity contribution is -0.144. The number of nitrogens with two attached hydrogens (primary N) is 4. The maximum Gasteiger partial charge on any atom is 0.326 e. The molecule has 1 aromatic rings. The Morgan fingerprint density at radius 3 is 1.77 bits per heavy atom. The normalized spacial score (nSPS) is 14.0. The van der Waals surface area contributed by atoms with Crippen LogP contribution < -0.4 is 38.9 Å². The molecule has 4 atom stereocenters. The summed E-state index contributed by atoms with van der Waals surface area (Å²) in [5, 5.41) is 15.7. The molecule has 17 heteroatoms. The highest BCUT2D eigenvalue weighted by Crippen LogP contribution is 2.03. The second-order valence-electron chi connectivity index (χ2n) is 7.42. The van der Waals surface area contributed by atoms with Gasteiger partial charge in [-0.05, 0) is 0 Å². The lowest BCUT2D eigenvalue weighted by Gasteiger charge is -2.24. The van der Waals surface area contributed by atoms with E-state index in [0.29, 0.717) is 5.69 Å². The monoisotopic (exact) mass is 497 g/mol. The fraction of sp³-hybridized carbons (Fsp3) is 0.444. The number of imidazole rings is 1. The molecule has 0 saturated carbocycles. The van der Waals surface area contributed by atoms with Gasteiger partial charge in [0.2, 0.25) is 35.4 Å². The maximum absolute atomic E-state index is 12.9. The summed E-state index contributed by atoms with van der Waals surface area (Å²) in [4.78, 5) is 89.2. The van der Waals surface area contributed by atoms with Crippen LogP contribution in [0, 0.1) is 0 Å². The van der Waals surface area contributed by atoms with Crippen molar-refractivity contribution in [2.24, 2.45) is 22.9 Å².